The van der Waals surface area contributed by atoms with Gasteiger partial charge in [0.2, 0.25) is 0 Å². The van der Waals surface area contributed by atoms with Gasteiger partial charge in [0, 0.05) is 68.4 Å². The number of hydrogen-bond acceptors (Lipinski definition) is 5. The molecule has 1 aromatic carbocycles. The van der Waals surface area contributed by atoms with E-state index in [0.29, 0.717) is 6.04 Å². The summed E-state index contributed by atoms with van der Waals surface area (Å²) < 4.78 is 1.95. The molecule has 0 spiro atoms. The lowest BCUT2D eigenvalue weighted by Gasteiger charge is -2.33. The van der Waals surface area contributed by atoms with Crippen molar-refractivity contribution in [1.29, 1.82) is 0 Å². The first kappa shape index (κ1) is 18.6. The Balaban J connectivity index is 1.33. The standard InChI is InChI=1S/C22H28N6/c1-17-16-21(26-22(25-17)18-6-4-3-5-7-18)28-14-10-19(11-15-28)23-12-8-20-9-13-24-27(20)2/h3-7,9,13,16,19,23H,8,10-12,14-15H2,1-2H3. The van der Waals surface area contributed by atoms with Gasteiger partial charge in [-0.05, 0) is 25.8 Å². The predicted octanol–water partition coefficient (Wildman–Crippen LogP) is 2.99. The van der Waals surface area contributed by atoms with Crippen molar-refractivity contribution in [3.63, 3.8) is 0 Å². The van der Waals surface area contributed by atoms with Gasteiger partial charge in [0.15, 0.2) is 5.82 Å². The summed E-state index contributed by atoms with van der Waals surface area (Å²) in [6.07, 6.45) is 5.15. The van der Waals surface area contributed by atoms with Gasteiger partial charge in [-0.1, -0.05) is 30.3 Å². The van der Waals surface area contributed by atoms with Crippen LogP contribution in [0.25, 0.3) is 11.4 Å². The van der Waals surface area contributed by atoms with Crippen molar-refractivity contribution in [3.05, 3.63) is 60.0 Å². The first-order valence-electron chi connectivity index (χ1n) is 10.1. The molecule has 3 heterocycles. The largest absolute Gasteiger partial charge is 0.356 e. The van der Waals surface area contributed by atoms with Crippen molar-refractivity contribution in [3.8, 4) is 11.4 Å². The molecule has 1 aliphatic heterocycles. The number of benzene rings is 1. The third-order valence-electron chi connectivity index (χ3n) is 5.43. The van der Waals surface area contributed by atoms with E-state index in [0.717, 1.165) is 61.8 Å². The lowest BCUT2D eigenvalue weighted by Crippen LogP contribution is -2.43. The number of hydrogen-bond donors (Lipinski definition) is 1. The SMILES string of the molecule is Cc1cc(N2CCC(NCCc3ccnn3C)CC2)nc(-c2ccccc2)n1. The lowest BCUT2D eigenvalue weighted by atomic mass is 10.0. The second-order valence-electron chi connectivity index (χ2n) is 7.47. The molecule has 1 fully saturated rings. The minimum absolute atomic E-state index is 0.570. The molecular weight excluding hydrogens is 348 g/mol. The lowest BCUT2D eigenvalue weighted by molar-refractivity contribution is 0.414. The summed E-state index contributed by atoms with van der Waals surface area (Å²) in [7, 11) is 2.00. The summed E-state index contributed by atoms with van der Waals surface area (Å²) in [6.45, 7) is 5.08. The van der Waals surface area contributed by atoms with E-state index in [1.54, 1.807) is 0 Å². The highest BCUT2D eigenvalue weighted by Gasteiger charge is 2.20. The predicted molar refractivity (Wildman–Crippen MR) is 112 cm³/mol. The van der Waals surface area contributed by atoms with Crippen LogP contribution in [0.2, 0.25) is 0 Å². The quantitative estimate of drug-likeness (QED) is 0.717. The normalized spacial score (nSPS) is 15.1. The molecule has 0 saturated carbocycles. The molecule has 1 aliphatic rings. The summed E-state index contributed by atoms with van der Waals surface area (Å²) >= 11 is 0. The fourth-order valence-corrected chi connectivity index (χ4v) is 3.79. The molecule has 28 heavy (non-hydrogen) atoms. The number of nitrogens with zero attached hydrogens (tertiary/aromatic N) is 5. The van der Waals surface area contributed by atoms with Crippen LogP contribution in [0.3, 0.4) is 0 Å². The van der Waals surface area contributed by atoms with Crippen LogP contribution >= 0.6 is 0 Å². The number of piperidine rings is 1. The van der Waals surface area contributed by atoms with E-state index in [1.165, 1.54) is 5.69 Å². The van der Waals surface area contributed by atoms with Crippen molar-refractivity contribution < 1.29 is 0 Å². The highest BCUT2D eigenvalue weighted by atomic mass is 15.3. The van der Waals surface area contributed by atoms with Crippen LogP contribution in [-0.2, 0) is 13.5 Å². The van der Waals surface area contributed by atoms with Crippen molar-refractivity contribution in [1.82, 2.24) is 25.1 Å². The molecule has 0 unspecified atom stereocenters. The molecule has 1 N–H and O–H groups in total. The van der Waals surface area contributed by atoms with Gasteiger partial charge in [-0.15, -0.1) is 0 Å². The van der Waals surface area contributed by atoms with Crippen LogP contribution in [0.5, 0.6) is 0 Å². The molecular formula is C22H28N6. The van der Waals surface area contributed by atoms with Gasteiger partial charge in [-0.3, -0.25) is 4.68 Å². The third kappa shape index (κ3) is 4.39. The average molecular weight is 377 g/mol. The van der Waals surface area contributed by atoms with E-state index < -0.39 is 0 Å². The van der Waals surface area contributed by atoms with Crippen LogP contribution < -0.4 is 10.2 Å². The van der Waals surface area contributed by atoms with Gasteiger partial charge in [0.05, 0.1) is 0 Å². The van der Waals surface area contributed by atoms with E-state index in [-0.39, 0.29) is 0 Å². The van der Waals surface area contributed by atoms with Crippen molar-refractivity contribution in [2.24, 2.45) is 7.05 Å². The van der Waals surface area contributed by atoms with Crippen LogP contribution in [0.1, 0.15) is 24.2 Å². The van der Waals surface area contributed by atoms with Crippen molar-refractivity contribution >= 4 is 5.82 Å². The molecule has 0 amide bonds. The Labute approximate surface area is 166 Å². The fraction of sp³-hybridized carbons (Fsp3) is 0.409. The second kappa shape index (κ2) is 8.52. The van der Waals surface area contributed by atoms with Gasteiger partial charge in [-0.25, -0.2) is 9.97 Å². The Kier molecular flexibility index (Phi) is 5.67. The summed E-state index contributed by atoms with van der Waals surface area (Å²) in [5, 5.41) is 7.94. The van der Waals surface area contributed by atoms with Gasteiger partial charge >= 0.3 is 0 Å². The van der Waals surface area contributed by atoms with Crippen molar-refractivity contribution in [2.75, 3.05) is 24.5 Å². The molecule has 146 valence electrons. The average Bonchev–Trinajstić information content (AvgIpc) is 3.13. The Morgan fingerprint density at radius 1 is 1.07 bits per heavy atom. The summed E-state index contributed by atoms with van der Waals surface area (Å²) in [4.78, 5) is 11.9. The highest BCUT2D eigenvalue weighted by molar-refractivity contribution is 5.57. The number of anilines is 1. The van der Waals surface area contributed by atoms with Crippen LogP contribution in [0.4, 0.5) is 5.82 Å². The first-order chi connectivity index (χ1) is 13.7. The first-order valence-corrected chi connectivity index (χ1v) is 10.1. The van der Waals surface area contributed by atoms with E-state index >= 15 is 0 Å². The van der Waals surface area contributed by atoms with Gasteiger partial charge in [-0.2, -0.15) is 5.10 Å². The van der Waals surface area contributed by atoms with Crippen LogP contribution in [0.15, 0.2) is 48.7 Å². The topological polar surface area (TPSA) is 58.9 Å². The van der Waals surface area contributed by atoms with E-state index in [4.69, 9.17) is 4.98 Å². The van der Waals surface area contributed by atoms with Crippen LogP contribution in [-0.4, -0.2) is 45.4 Å². The molecule has 0 atom stereocenters. The molecule has 1 saturated heterocycles. The molecule has 6 nitrogen and oxygen atoms in total. The number of aryl methyl sites for hydroxylation is 2. The number of nitrogens with one attached hydrogen (secondary N) is 1. The number of aromatic nitrogens is 4. The van der Waals surface area contributed by atoms with Gasteiger partial charge in [0.25, 0.3) is 0 Å². The maximum Gasteiger partial charge on any atom is 0.161 e. The summed E-state index contributed by atoms with van der Waals surface area (Å²) in [5.74, 6) is 1.85. The monoisotopic (exact) mass is 376 g/mol. The highest BCUT2D eigenvalue weighted by Crippen LogP contribution is 2.22. The second-order valence-corrected chi connectivity index (χ2v) is 7.47. The molecule has 0 aliphatic carbocycles. The fourth-order valence-electron chi connectivity index (χ4n) is 3.79. The molecule has 6 heteroatoms. The summed E-state index contributed by atoms with van der Waals surface area (Å²) in [6, 6.07) is 15.0. The van der Waals surface area contributed by atoms with Crippen molar-refractivity contribution in [2.45, 2.75) is 32.2 Å². The van der Waals surface area contributed by atoms with Gasteiger partial charge < -0.3 is 10.2 Å². The molecule has 2 aromatic heterocycles. The Hall–Kier alpha value is -2.73. The minimum Gasteiger partial charge on any atom is -0.356 e. The Morgan fingerprint density at radius 3 is 2.57 bits per heavy atom. The van der Waals surface area contributed by atoms with E-state index in [9.17, 15) is 0 Å². The number of rotatable bonds is 6. The van der Waals surface area contributed by atoms with Gasteiger partial charge in [0.1, 0.15) is 5.82 Å². The molecule has 0 bridgehead atoms. The minimum atomic E-state index is 0.570. The van der Waals surface area contributed by atoms with Crippen LogP contribution in [0, 0.1) is 6.92 Å². The molecule has 0 radical (unpaired) electrons. The maximum atomic E-state index is 4.84. The summed E-state index contributed by atoms with van der Waals surface area (Å²) in [5.41, 5.74) is 3.36. The van der Waals surface area contributed by atoms with E-state index in [2.05, 4.69) is 44.6 Å². The Morgan fingerprint density at radius 2 is 1.86 bits per heavy atom. The zero-order chi connectivity index (χ0) is 19.3. The smallest absolute Gasteiger partial charge is 0.161 e. The third-order valence-corrected chi connectivity index (χ3v) is 5.43. The van der Waals surface area contributed by atoms with E-state index in [1.807, 2.05) is 43.0 Å². The molecule has 3 aromatic rings. The molecule has 4 rings (SSSR count). The zero-order valence-corrected chi connectivity index (χ0v) is 16.7. The maximum absolute atomic E-state index is 4.84. The zero-order valence-electron chi connectivity index (χ0n) is 16.7. The Bertz CT molecular complexity index is 896.